The molecule has 0 bridgehead atoms. The summed E-state index contributed by atoms with van der Waals surface area (Å²) in [6.07, 6.45) is 3.03. The summed E-state index contributed by atoms with van der Waals surface area (Å²) in [5, 5.41) is 23.3. The first-order valence-corrected chi connectivity index (χ1v) is 13.0. The van der Waals surface area contributed by atoms with Gasteiger partial charge in [-0.2, -0.15) is 0 Å². The zero-order valence-electron chi connectivity index (χ0n) is 21.1. The minimum absolute atomic E-state index is 0.0410. The Kier molecular flexibility index (Phi) is 11.1. The number of rotatable bonds is 13. The van der Waals surface area contributed by atoms with Crippen molar-refractivity contribution in [1.82, 2.24) is 10.2 Å². The lowest BCUT2D eigenvalue weighted by molar-refractivity contribution is -0.140. The maximum absolute atomic E-state index is 13.3. The molecule has 1 aliphatic rings. The fourth-order valence-corrected chi connectivity index (χ4v) is 4.89. The molecule has 2 amide bonds. The molecule has 0 fully saturated rings. The van der Waals surface area contributed by atoms with Crippen LogP contribution in [0.2, 0.25) is 0 Å². The highest BCUT2D eigenvalue weighted by Crippen LogP contribution is 2.37. The summed E-state index contributed by atoms with van der Waals surface area (Å²) in [5.74, 6) is -0.174. The van der Waals surface area contributed by atoms with Crippen LogP contribution in [0.3, 0.4) is 0 Å². The Morgan fingerprint density at radius 2 is 2.11 bits per heavy atom. The van der Waals surface area contributed by atoms with Crippen LogP contribution in [0.1, 0.15) is 28.8 Å². The number of benzene rings is 1. The van der Waals surface area contributed by atoms with Gasteiger partial charge in [0.1, 0.15) is 18.5 Å². The third-order valence-corrected chi connectivity index (χ3v) is 6.83. The smallest absolute Gasteiger partial charge is 0.247 e. The quantitative estimate of drug-likeness (QED) is 0.219. The number of aliphatic hydroxyl groups is 2. The molecule has 12 heteroatoms. The highest BCUT2D eigenvalue weighted by molar-refractivity contribution is 14.1. The first kappa shape index (κ1) is 29.6. The normalized spacial score (nSPS) is 18.9. The van der Waals surface area contributed by atoms with Gasteiger partial charge in [0.2, 0.25) is 11.8 Å². The van der Waals surface area contributed by atoms with Crippen molar-refractivity contribution in [3.63, 3.8) is 0 Å². The standard InChI is InChI=1S/C26H31IN2O9/c1-35-7-4-23(32)29(13-16-3-8-37-15-16)20-11-18(26(34)28-5-6-30)12-21(24(20)33)38-25-19(27)9-17(14-31)10-22(25)36-2/h3,8-10,12,14-15,20-21,24,30,33H,4-7,11,13H2,1-2H3,(H,28,34)/t20-,21+,24+/m1/s1. The molecule has 0 aliphatic heterocycles. The first-order valence-electron chi connectivity index (χ1n) is 11.9. The SMILES string of the molecule is COCCC(=O)N(Cc1ccoc1)[C@@H]1CC(C(=O)NCCO)=C[C@H](Oc2c(I)cc(C=O)cc2OC)[C@H]1O. The van der Waals surface area contributed by atoms with Crippen LogP contribution >= 0.6 is 22.6 Å². The molecular weight excluding hydrogens is 611 g/mol. The maximum Gasteiger partial charge on any atom is 0.247 e. The number of hydrogen-bond acceptors (Lipinski definition) is 9. The molecule has 206 valence electrons. The molecular formula is C26H31IN2O9. The molecule has 1 heterocycles. The topological polar surface area (TPSA) is 148 Å². The van der Waals surface area contributed by atoms with E-state index >= 15 is 0 Å². The maximum atomic E-state index is 13.3. The lowest BCUT2D eigenvalue weighted by Gasteiger charge is -2.40. The molecule has 0 radical (unpaired) electrons. The number of aldehydes is 1. The van der Waals surface area contributed by atoms with Crippen molar-refractivity contribution in [1.29, 1.82) is 0 Å². The van der Waals surface area contributed by atoms with E-state index in [4.69, 9.17) is 23.7 Å². The minimum atomic E-state index is -1.23. The number of carbonyl (C=O) groups excluding carboxylic acids is 3. The van der Waals surface area contributed by atoms with Gasteiger partial charge >= 0.3 is 0 Å². The van der Waals surface area contributed by atoms with Crippen LogP contribution in [0.15, 0.2) is 46.8 Å². The summed E-state index contributed by atoms with van der Waals surface area (Å²) in [5.41, 5.74) is 1.38. The predicted octanol–water partition coefficient (Wildman–Crippen LogP) is 1.69. The van der Waals surface area contributed by atoms with Crippen molar-refractivity contribution in [2.75, 3.05) is 34.0 Å². The van der Waals surface area contributed by atoms with E-state index < -0.39 is 24.2 Å². The molecule has 3 N–H and O–H groups in total. The van der Waals surface area contributed by atoms with Crippen LogP contribution in [-0.4, -0.2) is 85.4 Å². The van der Waals surface area contributed by atoms with E-state index in [-0.39, 0.29) is 62.1 Å². The average molecular weight is 642 g/mol. The number of halogens is 1. The number of nitrogens with one attached hydrogen (secondary N) is 1. The molecule has 38 heavy (non-hydrogen) atoms. The van der Waals surface area contributed by atoms with Gasteiger partial charge in [0.15, 0.2) is 11.5 Å². The van der Waals surface area contributed by atoms with Gasteiger partial charge < -0.3 is 39.1 Å². The Bertz CT molecular complexity index is 1140. The van der Waals surface area contributed by atoms with Crippen LogP contribution in [0.5, 0.6) is 11.5 Å². The minimum Gasteiger partial charge on any atom is -0.493 e. The fraction of sp³-hybridized carbons (Fsp3) is 0.423. The van der Waals surface area contributed by atoms with Crippen molar-refractivity contribution in [2.24, 2.45) is 0 Å². The Morgan fingerprint density at radius 1 is 1.32 bits per heavy atom. The number of ether oxygens (including phenoxy) is 3. The number of carbonyl (C=O) groups is 3. The number of amides is 2. The highest BCUT2D eigenvalue weighted by atomic mass is 127. The molecule has 1 aromatic carbocycles. The van der Waals surface area contributed by atoms with Gasteiger partial charge in [0, 0.05) is 43.3 Å². The van der Waals surface area contributed by atoms with E-state index in [1.807, 2.05) is 22.6 Å². The molecule has 11 nitrogen and oxygen atoms in total. The summed E-state index contributed by atoms with van der Waals surface area (Å²) in [6, 6.07) is 4.00. The molecule has 0 spiro atoms. The third kappa shape index (κ3) is 7.34. The predicted molar refractivity (Wildman–Crippen MR) is 144 cm³/mol. The second kappa shape index (κ2) is 14.3. The third-order valence-electron chi connectivity index (χ3n) is 6.03. The first-order chi connectivity index (χ1) is 18.3. The van der Waals surface area contributed by atoms with E-state index in [0.29, 0.717) is 21.0 Å². The van der Waals surface area contributed by atoms with Gasteiger partial charge in [-0.15, -0.1) is 0 Å². The van der Waals surface area contributed by atoms with Gasteiger partial charge in [-0.05, 0) is 46.9 Å². The number of methoxy groups -OCH3 is 2. The van der Waals surface area contributed by atoms with Crippen LogP contribution in [-0.2, 0) is 20.9 Å². The molecule has 2 aromatic rings. The summed E-state index contributed by atoms with van der Waals surface area (Å²) >= 11 is 2.00. The van der Waals surface area contributed by atoms with E-state index in [1.165, 1.54) is 43.8 Å². The van der Waals surface area contributed by atoms with Crippen molar-refractivity contribution in [2.45, 2.75) is 37.6 Å². The van der Waals surface area contributed by atoms with Gasteiger partial charge in [0.25, 0.3) is 0 Å². The Morgan fingerprint density at radius 3 is 2.74 bits per heavy atom. The van der Waals surface area contributed by atoms with Crippen LogP contribution in [0, 0.1) is 3.57 Å². The lowest BCUT2D eigenvalue weighted by Crippen LogP contribution is -2.55. The number of hydrogen-bond donors (Lipinski definition) is 3. The number of nitrogens with zero attached hydrogens (tertiary/aromatic N) is 1. The van der Waals surface area contributed by atoms with Gasteiger partial charge in [-0.25, -0.2) is 0 Å². The number of furan rings is 1. The van der Waals surface area contributed by atoms with Crippen molar-refractivity contribution >= 4 is 40.7 Å². The molecule has 0 saturated carbocycles. The van der Waals surface area contributed by atoms with E-state index in [2.05, 4.69) is 5.32 Å². The Balaban J connectivity index is 2.01. The monoisotopic (exact) mass is 642 g/mol. The van der Waals surface area contributed by atoms with Gasteiger partial charge in [-0.1, -0.05) is 0 Å². The Hall–Kier alpha value is -2.94. The van der Waals surface area contributed by atoms with Crippen molar-refractivity contribution in [3.05, 3.63) is 57.1 Å². The van der Waals surface area contributed by atoms with E-state index in [0.717, 1.165) is 0 Å². The summed E-state index contributed by atoms with van der Waals surface area (Å²) < 4.78 is 22.4. The van der Waals surface area contributed by atoms with Crippen molar-refractivity contribution in [3.8, 4) is 11.5 Å². The highest BCUT2D eigenvalue weighted by Gasteiger charge is 2.41. The second-order valence-electron chi connectivity index (χ2n) is 8.56. The molecule has 1 aliphatic carbocycles. The zero-order chi connectivity index (χ0) is 27.7. The van der Waals surface area contributed by atoms with Gasteiger partial charge in [-0.3, -0.25) is 14.4 Å². The average Bonchev–Trinajstić information content (AvgIpc) is 3.44. The largest absolute Gasteiger partial charge is 0.493 e. The molecule has 0 saturated heterocycles. The zero-order valence-corrected chi connectivity index (χ0v) is 23.3. The van der Waals surface area contributed by atoms with Crippen LogP contribution < -0.4 is 14.8 Å². The number of aliphatic hydroxyl groups excluding tert-OH is 2. The summed E-state index contributed by atoms with van der Waals surface area (Å²) in [7, 11) is 2.92. The molecule has 0 unspecified atom stereocenters. The fourth-order valence-electron chi connectivity index (χ4n) is 4.14. The van der Waals surface area contributed by atoms with E-state index in [9.17, 15) is 19.5 Å². The summed E-state index contributed by atoms with van der Waals surface area (Å²) in [6.45, 7) is 0.112. The lowest BCUT2D eigenvalue weighted by atomic mass is 9.87. The van der Waals surface area contributed by atoms with Crippen LogP contribution in [0.4, 0.5) is 0 Å². The summed E-state index contributed by atoms with van der Waals surface area (Å²) in [4.78, 5) is 39.0. The van der Waals surface area contributed by atoms with Gasteiger partial charge in [0.05, 0.1) is 48.9 Å². The molecule has 1 aromatic heterocycles. The molecule has 3 atom stereocenters. The van der Waals surface area contributed by atoms with Crippen LogP contribution in [0.25, 0.3) is 0 Å². The molecule has 3 rings (SSSR count). The second-order valence-corrected chi connectivity index (χ2v) is 9.73. The Labute approximate surface area is 233 Å². The van der Waals surface area contributed by atoms with E-state index in [1.54, 1.807) is 12.1 Å². The van der Waals surface area contributed by atoms with Crippen molar-refractivity contribution < 1.29 is 43.2 Å².